The normalized spacial score (nSPS) is 11.0. The van der Waals surface area contributed by atoms with E-state index in [1.165, 1.54) is 6.07 Å². The lowest BCUT2D eigenvalue weighted by Crippen LogP contribution is -2.15. The molecule has 7 heteroatoms. The predicted molar refractivity (Wildman–Crippen MR) is 130 cm³/mol. The van der Waals surface area contributed by atoms with Crippen molar-refractivity contribution in [3.63, 3.8) is 0 Å². The standard InChI is InChI=1S/C26H20ClN5O/c1-17-14-19(22-8-3-4-12-28-22)9-10-23(17)31-13-11-25(33)26(30-31)24-15-18(2)29-32(24)21-7-5-6-20(27)16-21/h3-16H,1-2H3. The molecule has 6 nitrogen and oxygen atoms in total. The number of pyridine rings is 1. The molecule has 0 radical (unpaired) electrons. The van der Waals surface area contributed by atoms with E-state index in [1.54, 1.807) is 33.9 Å². The minimum Gasteiger partial charge on any atom is -0.287 e. The van der Waals surface area contributed by atoms with Crippen molar-refractivity contribution < 1.29 is 0 Å². The Morgan fingerprint density at radius 1 is 0.879 bits per heavy atom. The third-order valence-corrected chi connectivity index (χ3v) is 5.57. The van der Waals surface area contributed by atoms with E-state index in [0.717, 1.165) is 33.9 Å². The van der Waals surface area contributed by atoms with Gasteiger partial charge < -0.3 is 0 Å². The quantitative estimate of drug-likeness (QED) is 0.364. The summed E-state index contributed by atoms with van der Waals surface area (Å²) in [6.07, 6.45) is 3.46. The van der Waals surface area contributed by atoms with E-state index >= 15 is 0 Å². The highest BCUT2D eigenvalue weighted by Gasteiger charge is 2.16. The first kappa shape index (κ1) is 20.8. The highest BCUT2D eigenvalue weighted by molar-refractivity contribution is 6.30. The Morgan fingerprint density at radius 2 is 1.76 bits per heavy atom. The highest BCUT2D eigenvalue weighted by atomic mass is 35.5. The summed E-state index contributed by atoms with van der Waals surface area (Å²) >= 11 is 6.18. The molecule has 2 aromatic carbocycles. The average Bonchev–Trinajstić information content (AvgIpc) is 3.21. The van der Waals surface area contributed by atoms with Crippen LogP contribution in [0.4, 0.5) is 0 Å². The number of rotatable bonds is 4. The molecule has 0 aliphatic carbocycles. The second kappa shape index (κ2) is 8.48. The molecule has 0 aliphatic heterocycles. The molecule has 3 aromatic heterocycles. The van der Waals surface area contributed by atoms with E-state index in [4.69, 9.17) is 16.7 Å². The van der Waals surface area contributed by atoms with E-state index in [9.17, 15) is 4.79 Å². The molecule has 0 saturated heterocycles. The summed E-state index contributed by atoms with van der Waals surface area (Å²) in [6.45, 7) is 3.90. The van der Waals surface area contributed by atoms with Crippen molar-refractivity contribution in [2.45, 2.75) is 13.8 Å². The fourth-order valence-corrected chi connectivity index (χ4v) is 3.98. The first-order valence-electron chi connectivity index (χ1n) is 10.4. The topological polar surface area (TPSA) is 65.6 Å². The fourth-order valence-electron chi connectivity index (χ4n) is 3.80. The Balaban J connectivity index is 1.60. The van der Waals surface area contributed by atoms with Gasteiger partial charge in [0.2, 0.25) is 5.43 Å². The molecule has 0 aliphatic rings. The molecule has 33 heavy (non-hydrogen) atoms. The Morgan fingerprint density at radius 3 is 2.52 bits per heavy atom. The van der Waals surface area contributed by atoms with Crippen LogP contribution in [0, 0.1) is 13.8 Å². The second-order valence-corrected chi connectivity index (χ2v) is 8.19. The van der Waals surface area contributed by atoms with Crippen LogP contribution in [-0.2, 0) is 0 Å². The summed E-state index contributed by atoms with van der Waals surface area (Å²) in [5.41, 5.74) is 6.09. The molecule has 0 spiro atoms. The number of hydrogen-bond acceptors (Lipinski definition) is 4. The van der Waals surface area contributed by atoms with Gasteiger partial charge in [0, 0.05) is 29.0 Å². The van der Waals surface area contributed by atoms with Gasteiger partial charge >= 0.3 is 0 Å². The maximum atomic E-state index is 12.8. The first-order chi connectivity index (χ1) is 16.0. The van der Waals surface area contributed by atoms with Crippen molar-refractivity contribution in [3.05, 3.63) is 112 Å². The maximum Gasteiger partial charge on any atom is 0.209 e. The molecular weight excluding hydrogens is 434 g/mol. The van der Waals surface area contributed by atoms with Gasteiger partial charge in [-0.25, -0.2) is 9.36 Å². The molecule has 0 fully saturated rings. The molecule has 162 valence electrons. The molecule has 5 rings (SSSR count). The molecule has 0 bridgehead atoms. The van der Waals surface area contributed by atoms with Gasteiger partial charge in [0.1, 0.15) is 0 Å². The summed E-state index contributed by atoms with van der Waals surface area (Å²) < 4.78 is 3.42. The monoisotopic (exact) mass is 453 g/mol. The van der Waals surface area contributed by atoms with Crippen molar-refractivity contribution in [1.82, 2.24) is 24.5 Å². The van der Waals surface area contributed by atoms with Crippen LogP contribution < -0.4 is 5.43 Å². The van der Waals surface area contributed by atoms with Crippen LogP contribution in [0.1, 0.15) is 11.3 Å². The Kier molecular flexibility index (Phi) is 5.36. The summed E-state index contributed by atoms with van der Waals surface area (Å²) in [5, 5.41) is 9.85. The zero-order chi connectivity index (χ0) is 22.9. The van der Waals surface area contributed by atoms with Gasteiger partial charge in [-0.15, -0.1) is 0 Å². The van der Waals surface area contributed by atoms with Crippen LogP contribution in [0.3, 0.4) is 0 Å². The smallest absolute Gasteiger partial charge is 0.209 e. The van der Waals surface area contributed by atoms with Crippen LogP contribution in [-0.4, -0.2) is 24.5 Å². The van der Waals surface area contributed by atoms with Crippen molar-refractivity contribution in [1.29, 1.82) is 0 Å². The van der Waals surface area contributed by atoms with Gasteiger partial charge in [0.05, 0.1) is 28.5 Å². The van der Waals surface area contributed by atoms with E-state index in [1.807, 2.05) is 62.4 Å². The lowest BCUT2D eigenvalue weighted by Gasteiger charge is -2.12. The van der Waals surface area contributed by atoms with E-state index in [0.29, 0.717) is 16.4 Å². The number of hydrogen-bond donors (Lipinski definition) is 0. The third-order valence-electron chi connectivity index (χ3n) is 5.34. The van der Waals surface area contributed by atoms with Crippen LogP contribution in [0.25, 0.3) is 34.0 Å². The van der Waals surface area contributed by atoms with Crippen molar-refractivity contribution in [2.75, 3.05) is 0 Å². The molecule has 0 atom stereocenters. The molecule has 0 N–H and O–H groups in total. The molecule has 3 heterocycles. The Labute approximate surface area is 195 Å². The number of nitrogens with zero attached hydrogens (tertiary/aromatic N) is 5. The van der Waals surface area contributed by atoms with E-state index in [-0.39, 0.29) is 5.43 Å². The fraction of sp³-hybridized carbons (Fsp3) is 0.0769. The van der Waals surface area contributed by atoms with Gasteiger partial charge in [0.25, 0.3) is 0 Å². The summed E-state index contributed by atoms with van der Waals surface area (Å²) in [7, 11) is 0. The zero-order valence-corrected chi connectivity index (χ0v) is 18.9. The largest absolute Gasteiger partial charge is 0.287 e. The minimum absolute atomic E-state index is 0.183. The predicted octanol–water partition coefficient (Wildman–Crippen LogP) is 5.42. The Hall–Kier alpha value is -4.03. The number of aromatic nitrogens is 5. The zero-order valence-electron chi connectivity index (χ0n) is 18.1. The molecule has 5 aromatic rings. The van der Waals surface area contributed by atoms with E-state index in [2.05, 4.69) is 16.1 Å². The van der Waals surface area contributed by atoms with Crippen molar-refractivity contribution in [2.24, 2.45) is 0 Å². The van der Waals surface area contributed by atoms with Crippen LogP contribution in [0.5, 0.6) is 0 Å². The summed E-state index contributed by atoms with van der Waals surface area (Å²) in [6, 6.07) is 22.6. The number of benzene rings is 2. The minimum atomic E-state index is -0.183. The van der Waals surface area contributed by atoms with Gasteiger partial charge in [-0.3, -0.25) is 9.78 Å². The molecule has 0 amide bonds. The second-order valence-electron chi connectivity index (χ2n) is 7.75. The SMILES string of the molecule is Cc1cc(-c2nn(-c3ccc(-c4ccccn4)cc3C)ccc2=O)n(-c2cccc(Cl)c2)n1. The van der Waals surface area contributed by atoms with Crippen LogP contribution >= 0.6 is 11.6 Å². The van der Waals surface area contributed by atoms with Crippen molar-refractivity contribution >= 4 is 11.6 Å². The van der Waals surface area contributed by atoms with Gasteiger partial charge in [-0.2, -0.15) is 10.2 Å². The summed E-state index contributed by atoms with van der Waals surface area (Å²) in [4.78, 5) is 17.3. The van der Waals surface area contributed by atoms with Crippen molar-refractivity contribution in [3.8, 4) is 34.0 Å². The van der Waals surface area contributed by atoms with E-state index < -0.39 is 0 Å². The number of aryl methyl sites for hydroxylation is 2. The average molecular weight is 454 g/mol. The third kappa shape index (κ3) is 4.08. The Bertz CT molecular complexity index is 1520. The highest BCUT2D eigenvalue weighted by Crippen LogP contribution is 2.25. The first-order valence-corrected chi connectivity index (χ1v) is 10.8. The van der Waals surface area contributed by atoms with Gasteiger partial charge in [-0.05, 0) is 67.9 Å². The van der Waals surface area contributed by atoms with Gasteiger partial charge in [0.15, 0.2) is 5.69 Å². The lowest BCUT2D eigenvalue weighted by atomic mass is 10.1. The molecule has 0 saturated carbocycles. The maximum absolute atomic E-state index is 12.8. The van der Waals surface area contributed by atoms with Crippen LogP contribution in [0.2, 0.25) is 5.02 Å². The summed E-state index contributed by atoms with van der Waals surface area (Å²) in [5.74, 6) is 0. The van der Waals surface area contributed by atoms with Crippen LogP contribution in [0.15, 0.2) is 90.0 Å². The van der Waals surface area contributed by atoms with Gasteiger partial charge in [-0.1, -0.05) is 29.8 Å². The lowest BCUT2D eigenvalue weighted by molar-refractivity contribution is 0.816. The number of halogens is 1. The molecular formula is C26H20ClN5O. The molecule has 0 unspecified atom stereocenters.